The van der Waals surface area contributed by atoms with Gasteiger partial charge in [-0.25, -0.2) is 0 Å². The first-order valence-corrected chi connectivity index (χ1v) is 8.70. The lowest BCUT2D eigenvalue weighted by atomic mass is 10.1. The number of nitrogen functional groups attached to an aromatic ring is 1. The molecule has 8 nitrogen and oxygen atoms in total. The normalized spacial score (nSPS) is 12.6. The van der Waals surface area contributed by atoms with Gasteiger partial charge in [-0.15, -0.1) is 11.3 Å². The highest BCUT2D eigenvalue weighted by molar-refractivity contribution is 7.12. The van der Waals surface area contributed by atoms with Gasteiger partial charge in [-0.1, -0.05) is 12.1 Å². The molecule has 9 heteroatoms. The lowest BCUT2D eigenvalue weighted by Gasteiger charge is -2.13. The highest BCUT2D eigenvalue weighted by Gasteiger charge is 2.31. The van der Waals surface area contributed by atoms with Gasteiger partial charge in [0.25, 0.3) is 23.3 Å². The van der Waals surface area contributed by atoms with Crippen molar-refractivity contribution in [3.05, 3.63) is 74.2 Å². The van der Waals surface area contributed by atoms with E-state index in [0.29, 0.717) is 16.3 Å². The molecule has 1 aliphatic rings. The topological polar surface area (TPSA) is 123 Å². The smallest absolute Gasteiger partial charge is 0.265 e. The number of fused-ring (bicyclic) bond motifs is 1. The molecule has 0 saturated carbocycles. The van der Waals surface area contributed by atoms with Crippen molar-refractivity contribution in [3.63, 3.8) is 0 Å². The van der Waals surface area contributed by atoms with Crippen LogP contribution in [0.2, 0.25) is 0 Å². The average Bonchev–Trinajstić information content (AvgIpc) is 3.24. The molecule has 2 aromatic heterocycles. The molecule has 0 fully saturated rings. The molecule has 0 spiro atoms. The minimum atomic E-state index is -0.650. The van der Waals surface area contributed by atoms with Gasteiger partial charge in [-0.2, -0.15) is 0 Å². The summed E-state index contributed by atoms with van der Waals surface area (Å²) >= 11 is 1.31. The molecule has 134 valence electrons. The number of benzene rings is 1. The Kier molecular flexibility index (Phi) is 3.85. The number of rotatable bonds is 3. The molecule has 1 aromatic carbocycles. The van der Waals surface area contributed by atoms with Crippen LogP contribution < -0.4 is 21.9 Å². The molecule has 0 bridgehead atoms. The zero-order chi connectivity index (χ0) is 19.1. The molecule has 0 unspecified atom stereocenters. The third-order valence-electron chi connectivity index (χ3n) is 4.06. The number of nitrogens with two attached hydrogens (primary N) is 1. The highest BCUT2D eigenvalue weighted by atomic mass is 32.1. The Morgan fingerprint density at radius 1 is 1.07 bits per heavy atom. The summed E-state index contributed by atoms with van der Waals surface area (Å²) in [5.74, 6) is -1.71. The maximum Gasteiger partial charge on any atom is 0.265 e. The van der Waals surface area contributed by atoms with E-state index in [9.17, 15) is 19.2 Å². The van der Waals surface area contributed by atoms with E-state index in [1.54, 1.807) is 41.8 Å². The Hall–Kier alpha value is -3.72. The van der Waals surface area contributed by atoms with E-state index in [0.717, 1.165) is 10.6 Å². The molecule has 0 saturated heterocycles. The minimum absolute atomic E-state index is 0.0346. The molecule has 3 heterocycles. The predicted octanol–water partition coefficient (Wildman–Crippen LogP) is 1.62. The van der Waals surface area contributed by atoms with E-state index in [1.165, 1.54) is 11.3 Å². The number of nitrogens with zero attached hydrogens (tertiary/aromatic N) is 1. The number of anilines is 2. The van der Waals surface area contributed by atoms with Crippen LogP contribution in [-0.2, 0) is 0 Å². The highest BCUT2D eigenvalue weighted by Crippen LogP contribution is 2.24. The summed E-state index contributed by atoms with van der Waals surface area (Å²) in [6, 6.07) is 11.0. The Balaban J connectivity index is 1.76. The van der Waals surface area contributed by atoms with Crippen molar-refractivity contribution in [2.45, 2.75) is 0 Å². The van der Waals surface area contributed by atoms with E-state index >= 15 is 0 Å². The molecule has 4 N–H and O–H groups in total. The van der Waals surface area contributed by atoms with Crippen molar-refractivity contribution < 1.29 is 14.4 Å². The maximum absolute atomic E-state index is 12.5. The molecular weight excluding hydrogens is 368 g/mol. The molecular formula is C18H12N4O4S. The van der Waals surface area contributed by atoms with E-state index in [4.69, 9.17) is 5.73 Å². The van der Waals surface area contributed by atoms with Gasteiger partial charge in [0.05, 0.1) is 21.7 Å². The van der Waals surface area contributed by atoms with Gasteiger partial charge in [0, 0.05) is 11.8 Å². The summed E-state index contributed by atoms with van der Waals surface area (Å²) in [5, 5.41) is 6.65. The second-order valence-corrected chi connectivity index (χ2v) is 6.70. The van der Waals surface area contributed by atoms with E-state index < -0.39 is 17.4 Å². The predicted molar refractivity (Wildman–Crippen MR) is 101 cm³/mol. The number of carbonyl (C=O) groups is 3. The van der Waals surface area contributed by atoms with Crippen LogP contribution in [-0.4, -0.2) is 22.3 Å². The number of hydrogen-bond acceptors (Lipinski definition) is 6. The Morgan fingerprint density at radius 3 is 2.63 bits per heavy atom. The Labute approximate surface area is 156 Å². The summed E-state index contributed by atoms with van der Waals surface area (Å²) in [4.78, 5) is 48.9. The second-order valence-electron chi connectivity index (χ2n) is 5.76. The Morgan fingerprint density at radius 2 is 1.89 bits per heavy atom. The van der Waals surface area contributed by atoms with Crippen molar-refractivity contribution in [3.8, 4) is 5.69 Å². The van der Waals surface area contributed by atoms with Crippen LogP contribution in [0.5, 0.6) is 0 Å². The van der Waals surface area contributed by atoms with E-state index in [1.807, 2.05) is 0 Å². The standard InChI is InChI=1S/C18H12N4O4S/c19-15-14-11(16(24)21-18(14)26)8-13(23)22(15)10-4-1-3-9(7-10)20-17(25)12-5-2-6-27-12/h1-8H,19H2,(H,20,25)(H,21,24,26). The first kappa shape index (κ1) is 16.7. The van der Waals surface area contributed by atoms with Crippen molar-refractivity contribution in [2.24, 2.45) is 0 Å². The van der Waals surface area contributed by atoms with Crippen LogP contribution in [0.4, 0.5) is 11.5 Å². The molecule has 0 aliphatic carbocycles. The summed E-state index contributed by atoms with van der Waals surface area (Å²) in [6.45, 7) is 0. The number of imide groups is 1. The van der Waals surface area contributed by atoms with Crippen LogP contribution in [0.15, 0.2) is 52.6 Å². The fourth-order valence-electron chi connectivity index (χ4n) is 2.87. The monoisotopic (exact) mass is 380 g/mol. The molecule has 0 radical (unpaired) electrons. The van der Waals surface area contributed by atoms with Crippen LogP contribution in [0, 0.1) is 0 Å². The fourth-order valence-corrected chi connectivity index (χ4v) is 3.49. The van der Waals surface area contributed by atoms with E-state index in [-0.39, 0.29) is 22.9 Å². The van der Waals surface area contributed by atoms with Gasteiger partial charge >= 0.3 is 0 Å². The van der Waals surface area contributed by atoms with Gasteiger partial charge < -0.3 is 11.1 Å². The molecule has 4 rings (SSSR count). The van der Waals surface area contributed by atoms with Gasteiger partial charge in [0.15, 0.2) is 0 Å². The molecule has 1 aliphatic heterocycles. The Bertz CT molecular complexity index is 1160. The van der Waals surface area contributed by atoms with Crippen LogP contribution in [0.1, 0.15) is 30.4 Å². The number of aromatic nitrogens is 1. The minimum Gasteiger partial charge on any atom is -0.384 e. The summed E-state index contributed by atoms with van der Waals surface area (Å²) in [5.41, 5.74) is 6.19. The zero-order valence-corrected chi connectivity index (χ0v) is 14.5. The first-order valence-electron chi connectivity index (χ1n) is 7.82. The van der Waals surface area contributed by atoms with Gasteiger partial charge in [-0.3, -0.25) is 29.1 Å². The van der Waals surface area contributed by atoms with Crippen molar-refractivity contribution in [2.75, 3.05) is 11.1 Å². The SMILES string of the molecule is Nc1c2c(cc(=O)n1-c1cccc(NC(=O)c3cccs3)c1)C(=O)NC2=O. The lowest BCUT2D eigenvalue weighted by molar-refractivity contribution is 0.0879. The van der Waals surface area contributed by atoms with Crippen LogP contribution in [0.3, 0.4) is 0 Å². The largest absolute Gasteiger partial charge is 0.384 e. The van der Waals surface area contributed by atoms with Crippen molar-refractivity contribution in [1.82, 2.24) is 9.88 Å². The second kappa shape index (κ2) is 6.22. The first-order chi connectivity index (χ1) is 13.0. The van der Waals surface area contributed by atoms with Crippen LogP contribution >= 0.6 is 11.3 Å². The fraction of sp³-hybridized carbons (Fsp3) is 0. The lowest BCUT2D eigenvalue weighted by Crippen LogP contribution is -2.24. The summed E-state index contributed by atoms with van der Waals surface area (Å²) in [7, 11) is 0. The van der Waals surface area contributed by atoms with Crippen molar-refractivity contribution >= 4 is 40.6 Å². The third kappa shape index (κ3) is 2.79. The van der Waals surface area contributed by atoms with Crippen molar-refractivity contribution in [1.29, 1.82) is 0 Å². The van der Waals surface area contributed by atoms with Gasteiger partial charge in [0.1, 0.15) is 5.82 Å². The maximum atomic E-state index is 12.5. The third-order valence-corrected chi connectivity index (χ3v) is 4.93. The van der Waals surface area contributed by atoms with Gasteiger partial charge in [0.2, 0.25) is 0 Å². The quantitative estimate of drug-likeness (QED) is 0.596. The van der Waals surface area contributed by atoms with Crippen LogP contribution in [0.25, 0.3) is 5.69 Å². The summed E-state index contributed by atoms with van der Waals surface area (Å²) < 4.78 is 1.12. The number of hydrogen-bond donors (Lipinski definition) is 3. The summed E-state index contributed by atoms with van der Waals surface area (Å²) in [6.07, 6.45) is 0. The molecule has 3 amide bonds. The van der Waals surface area contributed by atoms with E-state index in [2.05, 4.69) is 10.6 Å². The molecule has 0 atom stereocenters. The number of nitrogens with one attached hydrogen (secondary N) is 2. The number of amides is 3. The molecule has 27 heavy (non-hydrogen) atoms. The molecule has 3 aromatic rings. The average molecular weight is 380 g/mol. The number of thiophene rings is 1. The number of pyridine rings is 1. The zero-order valence-electron chi connectivity index (χ0n) is 13.7. The number of carbonyl (C=O) groups excluding carboxylic acids is 3. The van der Waals surface area contributed by atoms with Gasteiger partial charge in [-0.05, 0) is 29.6 Å².